The van der Waals surface area contributed by atoms with Gasteiger partial charge in [0.25, 0.3) is 0 Å². The van der Waals surface area contributed by atoms with Gasteiger partial charge in [-0.05, 0) is 26.2 Å². The molecule has 0 aromatic carbocycles. The number of aromatic nitrogens is 3. The Morgan fingerprint density at radius 1 is 1.00 bits per heavy atom. The quantitative estimate of drug-likeness (QED) is 0.716. The number of hydrogen-bond donors (Lipinski definition) is 2. The predicted octanol–water partition coefficient (Wildman–Crippen LogP) is 2.69. The van der Waals surface area contributed by atoms with E-state index in [0.29, 0.717) is 30.6 Å². The summed E-state index contributed by atoms with van der Waals surface area (Å²) in [6, 6.07) is 0.747. The van der Waals surface area contributed by atoms with Crippen LogP contribution in [0.5, 0.6) is 6.01 Å². The van der Waals surface area contributed by atoms with Crippen LogP contribution in [-0.4, -0.2) is 34.1 Å². The Kier molecular flexibility index (Phi) is 6.92. The van der Waals surface area contributed by atoms with Gasteiger partial charge in [-0.15, -0.1) is 0 Å². The van der Waals surface area contributed by atoms with E-state index in [9.17, 15) is 0 Å². The van der Waals surface area contributed by atoms with Gasteiger partial charge in [0.05, 0.1) is 6.61 Å². The largest absolute Gasteiger partial charge is 0.463 e. The Balaban J connectivity index is 2.85. The lowest BCUT2D eigenvalue weighted by Crippen LogP contribution is -2.20. The van der Waals surface area contributed by atoms with Crippen LogP contribution in [0.15, 0.2) is 0 Å². The Bertz CT molecular complexity index is 368. The van der Waals surface area contributed by atoms with Gasteiger partial charge in [-0.1, -0.05) is 20.8 Å². The Morgan fingerprint density at radius 2 is 1.68 bits per heavy atom. The molecule has 0 saturated carbocycles. The molecule has 1 rings (SSSR count). The summed E-state index contributed by atoms with van der Waals surface area (Å²) < 4.78 is 5.49. The monoisotopic (exact) mass is 267 g/mol. The van der Waals surface area contributed by atoms with E-state index in [2.05, 4.69) is 46.4 Å². The van der Waals surface area contributed by atoms with Gasteiger partial charge in [0.2, 0.25) is 11.9 Å². The van der Waals surface area contributed by atoms with Crippen molar-refractivity contribution in [3.63, 3.8) is 0 Å². The molecular formula is C13H25N5O. The molecule has 0 unspecified atom stereocenters. The Hall–Kier alpha value is -1.59. The van der Waals surface area contributed by atoms with Crippen LogP contribution in [0.1, 0.15) is 47.0 Å². The maximum atomic E-state index is 5.49. The molecule has 2 N–H and O–H groups in total. The minimum absolute atomic E-state index is 0.371. The molecule has 0 aliphatic carbocycles. The average Bonchev–Trinajstić information content (AvgIpc) is 2.42. The van der Waals surface area contributed by atoms with Crippen LogP contribution in [0.25, 0.3) is 0 Å². The lowest BCUT2D eigenvalue weighted by molar-refractivity contribution is 0.292. The number of anilines is 2. The van der Waals surface area contributed by atoms with Crippen LogP contribution in [0.2, 0.25) is 0 Å². The van der Waals surface area contributed by atoms with Crippen molar-refractivity contribution in [1.29, 1.82) is 0 Å². The van der Waals surface area contributed by atoms with Crippen LogP contribution in [0.4, 0.5) is 11.9 Å². The minimum Gasteiger partial charge on any atom is -0.463 e. The molecule has 19 heavy (non-hydrogen) atoms. The highest BCUT2D eigenvalue weighted by Gasteiger charge is 2.10. The Morgan fingerprint density at radius 3 is 2.26 bits per heavy atom. The lowest BCUT2D eigenvalue weighted by Gasteiger charge is -2.15. The molecule has 0 aliphatic heterocycles. The van der Waals surface area contributed by atoms with Crippen molar-refractivity contribution >= 4 is 11.9 Å². The molecule has 1 heterocycles. The molecule has 0 amide bonds. The summed E-state index contributed by atoms with van der Waals surface area (Å²) in [6.45, 7) is 9.71. The maximum Gasteiger partial charge on any atom is 0.323 e. The number of ether oxygens (including phenoxy) is 1. The normalized spacial score (nSPS) is 10.6. The summed E-state index contributed by atoms with van der Waals surface area (Å²) in [5, 5.41) is 6.40. The molecule has 0 spiro atoms. The second-order valence-corrected chi connectivity index (χ2v) is 4.30. The first-order chi connectivity index (χ1) is 9.23. The van der Waals surface area contributed by atoms with Crippen LogP contribution < -0.4 is 15.4 Å². The van der Waals surface area contributed by atoms with Crippen LogP contribution in [-0.2, 0) is 0 Å². The molecule has 0 saturated heterocycles. The van der Waals surface area contributed by atoms with E-state index >= 15 is 0 Å². The third kappa shape index (κ3) is 5.28. The highest BCUT2D eigenvalue weighted by atomic mass is 16.5. The van der Waals surface area contributed by atoms with Crippen molar-refractivity contribution in [2.75, 3.05) is 23.8 Å². The third-order valence-electron chi connectivity index (χ3n) is 2.70. The summed E-state index contributed by atoms with van der Waals surface area (Å²) in [7, 11) is 0. The highest BCUT2D eigenvalue weighted by molar-refractivity contribution is 5.36. The average molecular weight is 267 g/mol. The molecule has 0 aliphatic rings. The van der Waals surface area contributed by atoms with E-state index in [0.717, 1.165) is 25.8 Å². The van der Waals surface area contributed by atoms with Gasteiger partial charge in [0.15, 0.2) is 0 Å². The van der Waals surface area contributed by atoms with E-state index in [4.69, 9.17) is 4.74 Å². The van der Waals surface area contributed by atoms with Crippen molar-refractivity contribution in [3.8, 4) is 6.01 Å². The molecule has 0 fully saturated rings. The summed E-state index contributed by atoms with van der Waals surface area (Å²) in [5.41, 5.74) is 0. The first-order valence-corrected chi connectivity index (χ1v) is 7.12. The summed E-state index contributed by atoms with van der Waals surface area (Å²) >= 11 is 0. The molecule has 1 aromatic heterocycles. The molecule has 6 nitrogen and oxygen atoms in total. The van der Waals surface area contributed by atoms with Gasteiger partial charge in [0.1, 0.15) is 0 Å². The van der Waals surface area contributed by atoms with Crippen LogP contribution >= 0.6 is 0 Å². The lowest BCUT2D eigenvalue weighted by atomic mass is 10.2. The van der Waals surface area contributed by atoms with E-state index < -0.39 is 0 Å². The first-order valence-electron chi connectivity index (χ1n) is 7.12. The number of nitrogens with one attached hydrogen (secondary N) is 2. The van der Waals surface area contributed by atoms with Crippen LogP contribution in [0.3, 0.4) is 0 Å². The second-order valence-electron chi connectivity index (χ2n) is 4.30. The van der Waals surface area contributed by atoms with E-state index in [1.807, 2.05) is 6.92 Å². The number of nitrogens with zero attached hydrogens (tertiary/aromatic N) is 3. The SMILES string of the molecule is CCCOc1nc(NCC)nc(NC(CC)CC)n1. The zero-order valence-corrected chi connectivity index (χ0v) is 12.4. The maximum absolute atomic E-state index is 5.49. The highest BCUT2D eigenvalue weighted by Crippen LogP contribution is 2.13. The van der Waals surface area contributed by atoms with Gasteiger partial charge in [-0.25, -0.2) is 0 Å². The standard InChI is InChI=1S/C13H25N5O/c1-5-9-19-13-17-11(14-8-4)16-12(18-13)15-10(6-2)7-3/h10H,5-9H2,1-4H3,(H2,14,15,16,17,18). The van der Waals surface area contributed by atoms with Crippen molar-refractivity contribution in [2.24, 2.45) is 0 Å². The molecular weight excluding hydrogens is 242 g/mol. The molecule has 6 heteroatoms. The number of rotatable bonds is 9. The molecule has 0 radical (unpaired) electrons. The summed E-state index contributed by atoms with van der Waals surface area (Å²) in [4.78, 5) is 12.9. The van der Waals surface area contributed by atoms with Crippen molar-refractivity contribution in [3.05, 3.63) is 0 Å². The van der Waals surface area contributed by atoms with Crippen LogP contribution in [0, 0.1) is 0 Å². The number of hydrogen-bond acceptors (Lipinski definition) is 6. The van der Waals surface area contributed by atoms with Gasteiger partial charge < -0.3 is 15.4 Å². The third-order valence-corrected chi connectivity index (χ3v) is 2.70. The predicted molar refractivity (Wildman–Crippen MR) is 77.8 cm³/mol. The van der Waals surface area contributed by atoms with E-state index in [1.165, 1.54) is 0 Å². The summed E-state index contributed by atoms with van der Waals surface area (Å²) in [5.74, 6) is 1.13. The van der Waals surface area contributed by atoms with E-state index in [1.54, 1.807) is 0 Å². The van der Waals surface area contributed by atoms with Crippen molar-refractivity contribution in [2.45, 2.75) is 53.0 Å². The van der Waals surface area contributed by atoms with Gasteiger partial charge in [-0.3, -0.25) is 0 Å². The molecule has 0 atom stereocenters. The molecule has 0 bridgehead atoms. The fourth-order valence-electron chi connectivity index (χ4n) is 1.59. The van der Waals surface area contributed by atoms with E-state index in [-0.39, 0.29) is 0 Å². The summed E-state index contributed by atoms with van der Waals surface area (Å²) in [6.07, 6.45) is 2.99. The molecule has 108 valence electrons. The molecule has 1 aromatic rings. The fraction of sp³-hybridized carbons (Fsp3) is 0.769. The topological polar surface area (TPSA) is 72.0 Å². The smallest absolute Gasteiger partial charge is 0.323 e. The zero-order chi connectivity index (χ0) is 14.1. The minimum atomic E-state index is 0.371. The van der Waals surface area contributed by atoms with Gasteiger partial charge in [-0.2, -0.15) is 15.0 Å². The van der Waals surface area contributed by atoms with Gasteiger partial charge in [0, 0.05) is 12.6 Å². The van der Waals surface area contributed by atoms with Gasteiger partial charge >= 0.3 is 6.01 Å². The Labute approximate surface area is 115 Å². The zero-order valence-electron chi connectivity index (χ0n) is 12.4. The second kappa shape index (κ2) is 8.50. The first kappa shape index (κ1) is 15.5. The fourth-order valence-corrected chi connectivity index (χ4v) is 1.59. The van der Waals surface area contributed by atoms with Crippen molar-refractivity contribution < 1.29 is 4.74 Å². The van der Waals surface area contributed by atoms with Crippen molar-refractivity contribution in [1.82, 2.24) is 15.0 Å².